The summed E-state index contributed by atoms with van der Waals surface area (Å²) >= 11 is 0. The van der Waals surface area contributed by atoms with E-state index in [1.54, 1.807) is 12.1 Å². The Hall–Kier alpha value is -1.79. The van der Waals surface area contributed by atoms with Crippen molar-refractivity contribution >= 4 is 5.96 Å². The zero-order valence-electron chi connectivity index (χ0n) is 11.1. The van der Waals surface area contributed by atoms with Crippen LogP contribution in [0, 0.1) is 5.82 Å². The Kier molecular flexibility index (Phi) is 6.27. The summed E-state index contributed by atoms with van der Waals surface area (Å²) in [5.41, 5.74) is 0.935. The minimum atomic E-state index is -4.18. The van der Waals surface area contributed by atoms with E-state index in [1.807, 2.05) is 0 Å². The largest absolute Gasteiger partial charge is 0.390 e. The molecule has 0 amide bonds. The fourth-order valence-corrected chi connectivity index (χ4v) is 1.52. The molecule has 0 unspecified atom stereocenters. The third-order valence-electron chi connectivity index (χ3n) is 2.54. The summed E-state index contributed by atoms with van der Waals surface area (Å²) in [5.74, 6) is 0.0164. The Morgan fingerprint density at radius 3 is 2.25 bits per heavy atom. The Labute approximate surface area is 115 Å². The zero-order chi connectivity index (χ0) is 15.0. The van der Waals surface area contributed by atoms with E-state index in [1.165, 1.54) is 19.2 Å². The fraction of sp³-hybridized carbons (Fsp3) is 0.462. The Bertz CT molecular complexity index is 426. The van der Waals surface area contributed by atoms with Crippen LogP contribution in [-0.4, -0.2) is 32.3 Å². The van der Waals surface area contributed by atoms with E-state index in [4.69, 9.17) is 0 Å². The summed E-state index contributed by atoms with van der Waals surface area (Å²) < 4.78 is 48.6. The van der Waals surface area contributed by atoms with E-state index in [0.717, 1.165) is 5.56 Å². The maximum Gasteiger partial charge on any atom is 0.390 e. The number of nitrogens with zero attached hydrogens (tertiary/aromatic N) is 1. The Morgan fingerprint density at radius 2 is 1.70 bits per heavy atom. The van der Waals surface area contributed by atoms with Crippen molar-refractivity contribution < 1.29 is 17.6 Å². The highest BCUT2D eigenvalue weighted by atomic mass is 19.4. The number of nitrogens with one attached hydrogen (secondary N) is 2. The van der Waals surface area contributed by atoms with Crippen LogP contribution in [0.3, 0.4) is 0 Å². The molecule has 0 saturated carbocycles. The first-order chi connectivity index (χ1) is 9.40. The van der Waals surface area contributed by atoms with Crippen LogP contribution >= 0.6 is 0 Å². The van der Waals surface area contributed by atoms with Crippen LogP contribution in [0.1, 0.15) is 12.0 Å². The van der Waals surface area contributed by atoms with Crippen LogP contribution < -0.4 is 10.6 Å². The average Bonchev–Trinajstić information content (AvgIpc) is 2.38. The predicted molar refractivity (Wildman–Crippen MR) is 70.1 cm³/mol. The molecule has 0 heterocycles. The molecule has 0 atom stereocenters. The van der Waals surface area contributed by atoms with Gasteiger partial charge in [0.1, 0.15) is 5.82 Å². The number of alkyl halides is 3. The normalized spacial score (nSPS) is 12.3. The zero-order valence-corrected chi connectivity index (χ0v) is 11.1. The smallest absolute Gasteiger partial charge is 0.356 e. The minimum Gasteiger partial charge on any atom is -0.356 e. The van der Waals surface area contributed by atoms with Crippen molar-refractivity contribution in [3.8, 4) is 0 Å². The molecule has 2 N–H and O–H groups in total. The van der Waals surface area contributed by atoms with Crippen molar-refractivity contribution in [3.63, 3.8) is 0 Å². The quantitative estimate of drug-likeness (QED) is 0.497. The molecule has 0 aliphatic rings. The van der Waals surface area contributed by atoms with Crippen molar-refractivity contribution in [1.82, 2.24) is 10.6 Å². The first-order valence-corrected chi connectivity index (χ1v) is 6.16. The monoisotopic (exact) mass is 291 g/mol. The first-order valence-electron chi connectivity index (χ1n) is 6.16. The maximum absolute atomic E-state index is 12.7. The molecular formula is C13H17F4N3. The van der Waals surface area contributed by atoms with Crippen molar-refractivity contribution in [3.05, 3.63) is 35.6 Å². The van der Waals surface area contributed by atoms with Gasteiger partial charge in [0.15, 0.2) is 5.96 Å². The number of rotatable bonds is 5. The standard InChI is InChI=1S/C13H17F4N3/c1-18-12(20-9-7-13(15,16)17)19-8-6-10-2-4-11(14)5-3-10/h2-5H,6-9H2,1H3,(H2,18,19,20). The van der Waals surface area contributed by atoms with Gasteiger partial charge < -0.3 is 10.6 Å². The van der Waals surface area contributed by atoms with E-state index < -0.39 is 12.6 Å². The lowest BCUT2D eigenvalue weighted by atomic mass is 10.1. The number of benzene rings is 1. The molecule has 0 saturated heterocycles. The van der Waals surface area contributed by atoms with Gasteiger partial charge in [0.25, 0.3) is 0 Å². The molecule has 3 nitrogen and oxygen atoms in total. The molecule has 1 aromatic carbocycles. The van der Waals surface area contributed by atoms with Gasteiger partial charge in [0.2, 0.25) is 0 Å². The summed E-state index contributed by atoms with van der Waals surface area (Å²) in [4.78, 5) is 3.82. The van der Waals surface area contributed by atoms with Gasteiger partial charge in [-0.1, -0.05) is 12.1 Å². The van der Waals surface area contributed by atoms with Crippen molar-refractivity contribution in [2.75, 3.05) is 20.1 Å². The molecule has 7 heteroatoms. The number of aliphatic imine (C=N–C) groups is 1. The predicted octanol–water partition coefficient (Wildman–Crippen LogP) is 2.49. The van der Waals surface area contributed by atoms with Gasteiger partial charge in [0, 0.05) is 20.1 Å². The van der Waals surface area contributed by atoms with Crippen LogP contribution in [0.15, 0.2) is 29.3 Å². The van der Waals surface area contributed by atoms with Gasteiger partial charge >= 0.3 is 6.18 Å². The van der Waals surface area contributed by atoms with Crippen molar-refractivity contribution in [1.29, 1.82) is 0 Å². The molecule has 112 valence electrons. The lowest BCUT2D eigenvalue weighted by Crippen LogP contribution is -2.39. The van der Waals surface area contributed by atoms with Gasteiger partial charge in [-0.25, -0.2) is 4.39 Å². The third-order valence-corrected chi connectivity index (χ3v) is 2.54. The summed E-state index contributed by atoms with van der Waals surface area (Å²) in [7, 11) is 1.49. The molecule has 0 spiro atoms. The summed E-state index contributed by atoms with van der Waals surface area (Å²) in [6.45, 7) is 0.275. The molecule has 0 fully saturated rings. The molecule has 0 aliphatic heterocycles. The molecule has 0 aromatic heterocycles. The lowest BCUT2D eigenvalue weighted by Gasteiger charge is -2.12. The molecule has 1 aromatic rings. The first kappa shape index (κ1) is 16.3. The van der Waals surface area contributed by atoms with Crippen LogP contribution in [-0.2, 0) is 6.42 Å². The number of hydrogen-bond acceptors (Lipinski definition) is 1. The lowest BCUT2D eigenvalue weighted by molar-refractivity contribution is -0.132. The Balaban J connectivity index is 2.26. The molecule has 1 rings (SSSR count). The SMILES string of the molecule is CN=C(NCCc1ccc(F)cc1)NCCC(F)(F)F. The van der Waals surface area contributed by atoms with Crippen molar-refractivity contribution in [2.45, 2.75) is 19.0 Å². The maximum atomic E-state index is 12.7. The minimum absolute atomic E-state index is 0.222. The van der Waals surface area contributed by atoms with Crippen LogP contribution in [0.2, 0.25) is 0 Å². The van der Waals surface area contributed by atoms with Gasteiger partial charge in [-0.05, 0) is 24.1 Å². The highest BCUT2D eigenvalue weighted by molar-refractivity contribution is 5.79. The summed E-state index contributed by atoms with van der Waals surface area (Å²) in [6, 6.07) is 6.06. The van der Waals surface area contributed by atoms with Gasteiger partial charge in [-0.3, -0.25) is 4.99 Å². The molecular weight excluding hydrogens is 274 g/mol. The molecule has 0 bridgehead atoms. The second kappa shape index (κ2) is 7.72. The molecule has 0 radical (unpaired) electrons. The summed E-state index contributed by atoms with van der Waals surface area (Å²) in [6.07, 6.45) is -4.47. The topological polar surface area (TPSA) is 36.4 Å². The van der Waals surface area contributed by atoms with E-state index in [0.29, 0.717) is 18.9 Å². The average molecular weight is 291 g/mol. The fourth-order valence-electron chi connectivity index (χ4n) is 1.52. The highest BCUT2D eigenvalue weighted by Gasteiger charge is 2.26. The van der Waals surface area contributed by atoms with Gasteiger partial charge in [-0.15, -0.1) is 0 Å². The van der Waals surface area contributed by atoms with E-state index in [-0.39, 0.29) is 12.4 Å². The number of halogens is 4. The highest BCUT2D eigenvalue weighted by Crippen LogP contribution is 2.17. The third kappa shape index (κ3) is 6.96. The number of guanidine groups is 1. The van der Waals surface area contributed by atoms with E-state index in [9.17, 15) is 17.6 Å². The van der Waals surface area contributed by atoms with Gasteiger partial charge in [-0.2, -0.15) is 13.2 Å². The van der Waals surface area contributed by atoms with E-state index >= 15 is 0 Å². The second-order valence-electron chi connectivity index (χ2n) is 4.17. The Morgan fingerprint density at radius 1 is 1.10 bits per heavy atom. The van der Waals surface area contributed by atoms with Gasteiger partial charge in [0.05, 0.1) is 6.42 Å². The van der Waals surface area contributed by atoms with Crippen LogP contribution in [0.4, 0.5) is 17.6 Å². The van der Waals surface area contributed by atoms with Crippen LogP contribution in [0.25, 0.3) is 0 Å². The van der Waals surface area contributed by atoms with Crippen LogP contribution in [0.5, 0.6) is 0 Å². The molecule has 0 aliphatic carbocycles. The van der Waals surface area contributed by atoms with Crippen molar-refractivity contribution in [2.24, 2.45) is 4.99 Å². The van der Waals surface area contributed by atoms with E-state index in [2.05, 4.69) is 15.6 Å². The second-order valence-corrected chi connectivity index (χ2v) is 4.17. The number of hydrogen-bond donors (Lipinski definition) is 2. The molecule has 20 heavy (non-hydrogen) atoms. The summed E-state index contributed by atoms with van der Waals surface area (Å²) in [5, 5.41) is 5.48.